The first-order valence-corrected chi connectivity index (χ1v) is 13.3. The van der Waals surface area contributed by atoms with Crippen molar-refractivity contribution < 1.29 is 27.8 Å². The molecule has 1 unspecified atom stereocenters. The molecule has 3 aromatic rings. The van der Waals surface area contributed by atoms with Crippen molar-refractivity contribution in [3.05, 3.63) is 75.4 Å². The summed E-state index contributed by atoms with van der Waals surface area (Å²) >= 11 is 3.38. The highest BCUT2D eigenvalue weighted by atomic mass is 79.9. The minimum absolute atomic E-state index is 0.00255. The van der Waals surface area contributed by atoms with Gasteiger partial charge in [0.15, 0.2) is 6.61 Å². The molecule has 0 fully saturated rings. The van der Waals surface area contributed by atoms with Gasteiger partial charge in [-0.3, -0.25) is 0 Å². The molecule has 184 valence electrons. The number of halogens is 1. The number of hydrogen-bond donors (Lipinski definition) is 2. The van der Waals surface area contributed by atoms with Crippen molar-refractivity contribution in [1.29, 1.82) is 0 Å². The van der Waals surface area contributed by atoms with Crippen LogP contribution < -0.4 is 14.2 Å². The number of aliphatic carboxylic acids is 1. The van der Waals surface area contributed by atoms with Crippen LogP contribution in [-0.4, -0.2) is 31.1 Å². The van der Waals surface area contributed by atoms with Gasteiger partial charge in [-0.15, -0.1) is 0 Å². The van der Waals surface area contributed by atoms with E-state index >= 15 is 0 Å². The number of aryl methyl sites for hydroxylation is 2. The third kappa shape index (κ3) is 5.83. The summed E-state index contributed by atoms with van der Waals surface area (Å²) in [4.78, 5) is 15.1. The molecule has 2 N–H and O–H groups in total. The van der Waals surface area contributed by atoms with E-state index in [1.54, 1.807) is 12.1 Å². The Bertz CT molecular complexity index is 1380. The molecule has 1 aliphatic carbocycles. The Hall–Kier alpha value is -2.95. The van der Waals surface area contributed by atoms with Gasteiger partial charge in [0.2, 0.25) is 15.9 Å². The molecule has 1 aromatic heterocycles. The van der Waals surface area contributed by atoms with Gasteiger partial charge in [-0.2, -0.15) is 0 Å². The highest BCUT2D eigenvalue weighted by Gasteiger charge is 2.28. The summed E-state index contributed by atoms with van der Waals surface area (Å²) in [6.45, 7) is 3.47. The van der Waals surface area contributed by atoms with Crippen LogP contribution in [0.25, 0.3) is 0 Å². The van der Waals surface area contributed by atoms with Crippen LogP contribution in [0.3, 0.4) is 0 Å². The molecule has 0 bridgehead atoms. The van der Waals surface area contributed by atoms with E-state index in [0.717, 1.165) is 28.7 Å². The first kappa shape index (κ1) is 25.2. The molecule has 0 radical (unpaired) electrons. The standard InChI is InChI=1S/C25H25BrN2O6S/c1-15-9-10-22(16(2)11-15)34-25-20(26)12-17(13-27-25)35(31,32)28-21-7-3-6-19-18(21)5-4-8-23(19)33-14-24(29)30/h4-5,8-13,21,28H,3,6-7,14H2,1-2H3,(H,29,30). The molecule has 35 heavy (non-hydrogen) atoms. The van der Waals surface area contributed by atoms with Crippen LogP contribution in [0.1, 0.15) is 41.1 Å². The minimum atomic E-state index is -3.90. The number of carbonyl (C=O) groups is 1. The number of pyridine rings is 1. The van der Waals surface area contributed by atoms with Crippen molar-refractivity contribution in [2.75, 3.05) is 6.61 Å². The summed E-state index contributed by atoms with van der Waals surface area (Å²) in [6, 6.07) is 12.0. The number of carboxylic acids is 1. The zero-order valence-electron chi connectivity index (χ0n) is 19.2. The van der Waals surface area contributed by atoms with Gasteiger partial charge in [0.05, 0.1) is 10.7 Å². The lowest BCUT2D eigenvalue weighted by atomic mass is 9.87. The molecule has 2 aromatic carbocycles. The molecule has 1 aliphatic rings. The third-order valence-electron chi connectivity index (χ3n) is 5.74. The maximum Gasteiger partial charge on any atom is 0.341 e. The fourth-order valence-electron chi connectivity index (χ4n) is 4.12. The first-order valence-electron chi connectivity index (χ1n) is 11.0. The van der Waals surface area contributed by atoms with Gasteiger partial charge < -0.3 is 14.6 Å². The predicted octanol–water partition coefficient (Wildman–Crippen LogP) is 5.07. The Labute approximate surface area is 212 Å². The van der Waals surface area contributed by atoms with Crippen LogP contribution in [0.5, 0.6) is 17.4 Å². The number of fused-ring (bicyclic) bond motifs is 1. The van der Waals surface area contributed by atoms with Crippen molar-refractivity contribution >= 4 is 31.9 Å². The third-order valence-corrected chi connectivity index (χ3v) is 7.75. The number of aromatic nitrogens is 1. The summed E-state index contributed by atoms with van der Waals surface area (Å²) in [5.74, 6) is 0.293. The topological polar surface area (TPSA) is 115 Å². The zero-order valence-corrected chi connectivity index (χ0v) is 21.6. The fourth-order valence-corrected chi connectivity index (χ4v) is 5.92. The predicted molar refractivity (Wildman–Crippen MR) is 134 cm³/mol. The number of rotatable bonds is 8. The highest BCUT2D eigenvalue weighted by molar-refractivity contribution is 9.10. The molecule has 10 heteroatoms. The molecule has 1 heterocycles. The number of nitrogens with one attached hydrogen (secondary N) is 1. The lowest BCUT2D eigenvalue weighted by Crippen LogP contribution is -2.31. The maximum absolute atomic E-state index is 13.2. The van der Waals surface area contributed by atoms with E-state index in [2.05, 4.69) is 25.6 Å². The van der Waals surface area contributed by atoms with Crippen LogP contribution in [-0.2, 0) is 21.2 Å². The molecular weight excluding hydrogens is 536 g/mol. The summed E-state index contributed by atoms with van der Waals surface area (Å²) < 4.78 is 40.9. The van der Waals surface area contributed by atoms with Crippen molar-refractivity contribution in [2.45, 2.75) is 44.0 Å². The van der Waals surface area contributed by atoms with Gasteiger partial charge >= 0.3 is 5.97 Å². The average molecular weight is 561 g/mol. The van der Waals surface area contributed by atoms with Gasteiger partial charge in [-0.05, 0) is 83.9 Å². The SMILES string of the molecule is Cc1ccc(Oc2ncc(S(=O)(=O)NC3CCCc4c(OCC(=O)O)cccc43)cc2Br)c(C)c1. The number of benzene rings is 2. The number of hydrogen-bond acceptors (Lipinski definition) is 6. The molecular formula is C25H25BrN2O6S. The Balaban J connectivity index is 1.55. The van der Waals surface area contributed by atoms with Gasteiger partial charge in [0.1, 0.15) is 16.4 Å². The highest BCUT2D eigenvalue weighted by Crippen LogP contribution is 2.37. The van der Waals surface area contributed by atoms with Gasteiger partial charge in [0.25, 0.3) is 0 Å². The summed E-state index contributed by atoms with van der Waals surface area (Å²) in [6.07, 6.45) is 3.29. The largest absolute Gasteiger partial charge is 0.482 e. The Kier molecular flexibility index (Phi) is 7.44. The summed E-state index contributed by atoms with van der Waals surface area (Å²) in [7, 11) is -3.90. The molecule has 0 spiro atoms. The van der Waals surface area contributed by atoms with E-state index in [-0.39, 0.29) is 10.8 Å². The fraction of sp³-hybridized carbons (Fsp3) is 0.280. The molecule has 8 nitrogen and oxygen atoms in total. The van der Waals surface area contributed by atoms with Gasteiger partial charge in [-0.25, -0.2) is 22.9 Å². The van der Waals surface area contributed by atoms with Crippen LogP contribution >= 0.6 is 15.9 Å². The number of nitrogens with zero attached hydrogens (tertiary/aromatic N) is 1. The normalized spacial score (nSPS) is 15.3. The lowest BCUT2D eigenvalue weighted by molar-refractivity contribution is -0.139. The summed E-state index contributed by atoms with van der Waals surface area (Å²) in [5.41, 5.74) is 3.66. The van der Waals surface area contributed by atoms with Crippen molar-refractivity contribution in [3.63, 3.8) is 0 Å². The second-order valence-electron chi connectivity index (χ2n) is 8.40. The van der Waals surface area contributed by atoms with Crippen LogP contribution in [0, 0.1) is 13.8 Å². The van der Waals surface area contributed by atoms with Gasteiger partial charge in [-0.1, -0.05) is 29.8 Å². The Morgan fingerprint density at radius 2 is 2.00 bits per heavy atom. The van der Waals surface area contributed by atoms with Gasteiger partial charge in [0, 0.05) is 6.04 Å². The van der Waals surface area contributed by atoms with Crippen LogP contribution in [0.4, 0.5) is 0 Å². The zero-order chi connectivity index (χ0) is 25.2. The maximum atomic E-state index is 13.2. The van der Waals surface area contributed by atoms with E-state index in [1.165, 1.54) is 12.3 Å². The second-order valence-corrected chi connectivity index (χ2v) is 11.0. The molecule has 0 saturated heterocycles. The number of carboxylic acid groups (broad SMARTS) is 1. The van der Waals surface area contributed by atoms with E-state index in [0.29, 0.717) is 28.8 Å². The van der Waals surface area contributed by atoms with Crippen LogP contribution in [0.15, 0.2) is 58.0 Å². The minimum Gasteiger partial charge on any atom is -0.482 e. The van der Waals surface area contributed by atoms with E-state index in [4.69, 9.17) is 14.6 Å². The monoisotopic (exact) mass is 560 g/mol. The second kappa shape index (κ2) is 10.3. The van der Waals surface area contributed by atoms with Crippen LogP contribution in [0.2, 0.25) is 0 Å². The smallest absolute Gasteiger partial charge is 0.341 e. The first-order chi connectivity index (χ1) is 16.6. The average Bonchev–Trinajstić information content (AvgIpc) is 2.80. The van der Waals surface area contributed by atoms with Crippen molar-refractivity contribution in [3.8, 4) is 17.4 Å². The number of sulfonamides is 1. The van der Waals surface area contributed by atoms with E-state index in [1.807, 2.05) is 38.1 Å². The Morgan fingerprint density at radius 3 is 2.71 bits per heavy atom. The quantitative estimate of drug-likeness (QED) is 0.395. The molecule has 0 aliphatic heterocycles. The molecule has 4 rings (SSSR count). The Morgan fingerprint density at radius 1 is 1.20 bits per heavy atom. The molecule has 0 amide bonds. The van der Waals surface area contributed by atoms with E-state index in [9.17, 15) is 13.2 Å². The molecule has 0 saturated carbocycles. The molecule has 1 atom stereocenters. The lowest BCUT2D eigenvalue weighted by Gasteiger charge is -2.27. The summed E-state index contributed by atoms with van der Waals surface area (Å²) in [5, 5.41) is 8.92. The van der Waals surface area contributed by atoms with Crippen molar-refractivity contribution in [2.24, 2.45) is 0 Å². The van der Waals surface area contributed by atoms with E-state index < -0.39 is 28.6 Å². The number of ether oxygens (including phenoxy) is 2. The van der Waals surface area contributed by atoms with Crippen molar-refractivity contribution in [1.82, 2.24) is 9.71 Å².